The summed E-state index contributed by atoms with van der Waals surface area (Å²) in [6.45, 7) is 0. The molecule has 0 aromatic carbocycles. The molecule has 0 unspecified atom stereocenters. The molecular formula is C16H17F2N7. The summed E-state index contributed by atoms with van der Waals surface area (Å²) in [4.78, 5) is 12.9. The second kappa shape index (κ2) is 5.61. The Balaban J connectivity index is 1.77. The first-order chi connectivity index (χ1) is 11.9. The van der Waals surface area contributed by atoms with Crippen LogP contribution in [0, 0.1) is 0 Å². The Morgan fingerprint density at radius 1 is 1.12 bits per heavy atom. The van der Waals surface area contributed by atoms with Crippen LogP contribution in [0.2, 0.25) is 0 Å². The Hall–Kier alpha value is -2.84. The molecule has 1 fully saturated rings. The lowest BCUT2D eigenvalue weighted by molar-refractivity contribution is -0.0384. The number of halogens is 2. The Labute approximate surface area is 142 Å². The summed E-state index contributed by atoms with van der Waals surface area (Å²) in [7, 11) is 0. The minimum absolute atomic E-state index is 0.149. The standard InChI is InChI=1S/C16H17F2N7/c17-16(18)3-1-9(2-4-16)13-12(19)14(20)24-15(23-13)10-7-22-25-6-5-21-8-11(10)25/h5-9H,1-4,19H2,(H2,20,23,24). The Morgan fingerprint density at radius 3 is 2.64 bits per heavy atom. The molecule has 3 heterocycles. The number of nitrogen functional groups attached to an aromatic ring is 2. The number of fused-ring (bicyclic) bond motifs is 1. The molecule has 0 aliphatic heterocycles. The molecule has 3 aromatic heterocycles. The highest BCUT2D eigenvalue weighted by Gasteiger charge is 2.37. The molecule has 0 bridgehead atoms. The first kappa shape index (κ1) is 15.7. The van der Waals surface area contributed by atoms with Gasteiger partial charge in [0.2, 0.25) is 5.92 Å². The van der Waals surface area contributed by atoms with E-state index in [0.717, 1.165) is 5.52 Å². The number of hydrogen-bond donors (Lipinski definition) is 2. The smallest absolute Gasteiger partial charge is 0.248 e. The molecule has 0 saturated heterocycles. The average Bonchev–Trinajstić information content (AvgIpc) is 3.02. The van der Waals surface area contributed by atoms with E-state index in [1.807, 2.05) is 0 Å². The molecule has 0 amide bonds. The molecule has 0 radical (unpaired) electrons. The van der Waals surface area contributed by atoms with Crippen LogP contribution >= 0.6 is 0 Å². The van der Waals surface area contributed by atoms with Crippen LogP contribution in [-0.4, -0.2) is 30.5 Å². The molecule has 1 saturated carbocycles. The zero-order chi connectivity index (χ0) is 17.6. The van der Waals surface area contributed by atoms with Crippen molar-refractivity contribution in [1.29, 1.82) is 0 Å². The van der Waals surface area contributed by atoms with Crippen molar-refractivity contribution in [1.82, 2.24) is 24.6 Å². The van der Waals surface area contributed by atoms with E-state index in [-0.39, 0.29) is 30.3 Å². The van der Waals surface area contributed by atoms with Crippen LogP contribution in [0.15, 0.2) is 24.8 Å². The molecule has 1 aliphatic carbocycles. The van der Waals surface area contributed by atoms with Crippen molar-refractivity contribution in [3.8, 4) is 11.4 Å². The number of rotatable bonds is 2. The fraction of sp³-hybridized carbons (Fsp3) is 0.375. The number of hydrogen-bond acceptors (Lipinski definition) is 6. The van der Waals surface area contributed by atoms with Gasteiger partial charge in [0, 0.05) is 31.2 Å². The first-order valence-electron chi connectivity index (χ1n) is 8.03. The summed E-state index contributed by atoms with van der Waals surface area (Å²) >= 11 is 0. The van der Waals surface area contributed by atoms with Gasteiger partial charge in [0.15, 0.2) is 11.6 Å². The highest BCUT2D eigenvalue weighted by molar-refractivity contribution is 5.77. The molecule has 130 valence electrons. The number of nitrogens with zero attached hydrogens (tertiary/aromatic N) is 5. The van der Waals surface area contributed by atoms with Gasteiger partial charge in [0.25, 0.3) is 0 Å². The minimum atomic E-state index is -2.61. The first-order valence-corrected chi connectivity index (χ1v) is 8.03. The van der Waals surface area contributed by atoms with Crippen molar-refractivity contribution in [2.75, 3.05) is 11.5 Å². The second-order valence-electron chi connectivity index (χ2n) is 6.33. The summed E-state index contributed by atoms with van der Waals surface area (Å²) in [5.74, 6) is -2.23. The monoisotopic (exact) mass is 345 g/mol. The van der Waals surface area contributed by atoms with Crippen LogP contribution in [-0.2, 0) is 0 Å². The van der Waals surface area contributed by atoms with Crippen LogP contribution in [0.25, 0.3) is 16.9 Å². The zero-order valence-corrected chi connectivity index (χ0v) is 13.4. The molecule has 3 aromatic rings. The summed E-state index contributed by atoms with van der Waals surface area (Å²) < 4.78 is 28.5. The fourth-order valence-electron chi connectivity index (χ4n) is 3.26. The topological polar surface area (TPSA) is 108 Å². The van der Waals surface area contributed by atoms with Crippen LogP contribution in [0.5, 0.6) is 0 Å². The van der Waals surface area contributed by atoms with E-state index in [0.29, 0.717) is 29.9 Å². The van der Waals surface area contributed by atoms with Gasteiger partial charge in [0.1, 0.15) is 0 Å². The fourth-order valence-corrected chi connectivity index (χ4v) is 3.26. The maximum absolute atomic E-state index is 13.4. The molecule has 0 spiro atoms. The van der Waals surface area contributed by atoms with Crippen molar-refractivity contribution < 1.29 is 8.78 Å². The average molecular weight is 345 g/mol. The van der Waals surface area contributed by atoms with Gasteiger partial charge in [-0.2, -0.15) is 5.10 Å². The van der Waals surface area contributed by atoms with Gasteiger partial charge < -0.3 is 11.5 Å². The number of aromatic nitrogens is 5. The Kier molecular flexibility index (Phi) is 3.52. The van der Waals surface area contributed by atoms with E-state index in [9.17, 15) is 8.78 Å². The summed E-state index contributed by atoms with van der Waals surface area (Å²) in [5, 5.41) is 4.23. The molecule has 7 nitrogen and oxygen atoms in total. The van der Waals surface area contributed by atoms with E-state index < -0.39 is 5.92 Å². The normalized spacial score (nSPS) is 17.8. The van der Waals surface area contributed by atoms with Gasteiger partial charge in [-0.05, 0) is 12.8 Å². The van der Waals surface area contributed by atoms with E-state index in [1.54, 1.807) is 29.3 Å². The van der Waals surface area contributed by atoms with Gasteiger partial charge in [-0.1, -0.05) is 0 Å². The maximum Gasteiger partial charge on any atom is 0.248 e. The molecular weight excluding hydrogens is 328 g/mol. The van der Waals surface area contributed by atoms with E-state index >= 15 is 0 Å². The van der Waals surface area contributed by atoms with Gasteiger partial charge in [-0.25, -0.2) is 23.3 Å². The van der Waals surface area contributed by atoms with Crippen molar-refractivity contribution >= 4 is 17.0 Å². The lowest BCUT2D eigenvalue weighted by Crippen LogP contribution is -2.25. The number of nitrogens with two attached hydrogens (primary N) is 2. The molecule has 9 heteroatoms. The van der Waals surface area contributed by atoms with E-state index in [2.05, 4.69) is 20.1 Å². The molecule has 1 aliphatic rings. The largest absolute Gasteiger partial charge is 0.394 e. The predicted molar refractivity (Wildman–Crippen MR) is 89.0 cm³/mol. The quantitative estimate of drug-likeness (QED) is 0.739. The van der Waals surface area contributed by atoms with Gasteiger partial charge in [-0.3, -0.25) is 4.98 Å². The number of anilines is 2. The third-order valence-corrected chi connectivity index (χ3v) is 4.67. The third-order valence-electron chi connectivity index (χ3n) is 4.67. The van der Waals surface area contributed by atoms with Gasteiger partial charge in [-0.15, -0.1) is 0 Å². The van der Waals surface area contributed by atoms with E-state index in [4.69, 9.17) is 11.5 Å². The lowest BCUT2D eigenvalue weighted by atomic mass is 9.84. The highest BCUT2D eigenvalue weighted by Crippen LogP contribution is 2.42. The van der Waals surface area contributed by atoms with Crippen molar-refractivity contribution in [2.24, 2.45) is 0 Å². The van der Waals surface area contributed by atoms with Crippen LogP contribution in [0.4, 0.5) is 20.3 Å². The molecule has 4 N–H and O–H groups in total. The summed E-state index contributed by atoms with van der Waals surface area (Å²) in [5.41, 5.74) is 14.2. The van der Waals surface area contributed by atoms with Crippen LogP contribution < -0.4 is 11.5 Å². The minimum Gasteiger partial charge on any atom is -0.394 e. The van der Waals surface area contributed by atoms with Crippen molar-refractivity contribution in [2.45, 2.75) is 37.5 Å². The lowest BCUT2D eigenvalue weighted by Gasteiger charge is -2.28. The maximum atomic E-state index is 13.4. The predicted octanol–water partition coefficient (Wildman–Crippen LogP) is 2.64. The third kappa shape index (κ3) is 2.75. The Bertz CT molecular complexity index is 927. The summed E-state index contributed by atoms with van der Waals surface area (Å²) in [6.07, 6.45) is 6.92. The van der Waals surface area contributed by atoms with Crippen LogP contribution in [0.3, 0.4) is 0 Å². The van der Waals surface area contributed by atoms with Gasteiger partial charge in [0.05, 0.1) is 34.9 Å². The number of alkyl halides is 2. The highest BCUT2D eigenvalue weighted by atomic mass is 19.3. The van der Waals surface area contributed by atoms with Crippen LogP contribution in [0.1, 0.15) is 37.3 Å². The Morgan fingerprint density at radius 2 is 1.88 bits per heavy atom. The molecule has 0 atom stereocenters. The van der Waals surface area contributed by atoms with E-state index in [1.165, 1.54) is 0 Å². The van der Waals surface area contributed by atoms with Crippen molar-refractivity contribution in [3.05, 3.63) is 30.5 Å². The van der Waals surface area contributed by atoms with Crippen molar-refractivity contribution in [3.63, 3.8) is 0 Å². The second-order valence-corrected chi connectivity index (χ2v) is 6.33. The molecule has 25 heavy (non-hydrogen) atoms. The molecule has 4 rings (SSSR count). The van der Waals surface area contributed by atoms with Gasteiger partial charge >= 0.3 is 0 Å². The SMILES string of the molecule is Nc1nc(-c2cnn3ccncc23)nc(C2CCC(F)(F)CC2)c1N. The zero-order valence-electron chi connectivity index (χ0n) is 13.4. The summed E-state index contributed by atoms with van der Waals surface area (Å²) in [6, 6.07) is 0.